The number of hydrazine groups is 2. The molecule has 3 nitrogen and oxygen atoms in total. The Morgan fingerprint density at radius 1 is 1.50 bits per heavy atom. The number of hydrogen-bond acceptors (Lipinski definition) is 3. The van der Waals surface area contributed by atoms with Crippen LogP contribution < -0.4 is 5.53 Å². The molecule has 0 radical (unpaired) electrons. The van der Waals surface area contributed by atoms with Gasteiger partial charge in [-0.05, 0) is 19.8 Å². The molecule has 56 valence electrons. The second-order valence-corrected chi connectivity index (χ2v) is 2.82. The Morgan fingerprint density at radius 2 is 2.30 bits per heavy atom. The van der Waals surface area contributed by atoms with E-state index in [1.165, 1.54) is 12.8 Å². The fraction of sp³-hybridized carbons (Fsp3) is 0.714. The maximum absolute atomic E-state index is 3.26. The molecular weight excluding hydrogens is 126 g/mol. The number of rotatable bonds is 2. The molecule has 0 bridgehead atoms. The van der Waals surface area contributed by atoms with Crippen molar-refractivity contribution in [3.63, 3.8) is 0 Å². The predicted octanol–water partition coefficient (Wildman–Crippen LogP) is 0.677. The molecule has 2 rings (SSSR count). The van der Waals surface area contributed by atoms with Gasteiger partial charge in [0.05, 0.1) is 0 Å². The van der Waals surface area contributed by atoms with Crippen molar-refractivity contribution in [1.29, 1.82) is 0 Å². The van der Waals surface area contributed by atoms with Crippen LogP contribution in [0.3, 0.4) is 0 Å². The van der Waals surface area contributed by atoms with Gasteiger partial charge in [0.2, 0.25) is 0 Å². The molecule has 2 aliphatic rings. The second kappa shape index (κ2) is 2.16. The summed E-state index contributed by atoms with van der Waals surface area (Å²) in [6.45, 7) is 3.16. The third-order valence-electron chi connectivity index (χ3n) is 1.93. The first-order chi connectivity index (χ1) is 4.90. The van der Waals surface area contributed by atoms with Crippen LogP contribution in [0, 0.1) is 0 Å². The highest BCUT2D eigenvalue weighted by atomic mass is 15.8. The molecule has 10 heavy (non-hydrogen) atoms. The lowest BCUT2D eigenvalue weighted by molar-refractivity contribution is 0.136. The fourth-order valence-electron chi connectivity index (χ4n) is 1.10. The monoisotopic (exact) mass is 139 g/mol. The Balaban J connectivity index is 1.88. The van der Waals surface area contributed by atoms with Crippen molar-refractivity contribution in [1.82, 2.24) is 15.6 Å². The van der Waals surface area contributed by atoms with E-state index in [2.05, 4.69) is 34.9 Å². The average Bonchev–Trinajstić information content (AvgIpc) is 2.70. The normalized spacial score (nSPS) is 24.5. The quantitative estimate of drug-likeness (QED) is 0.607. The molecule has 0 aromatic rings. The van der Waals surface area contributed by atoms with Crippen LogP contribution >= 0.6 is 0 Å². The Bertz CT molecular complexity index is 151. The summed E-state index contributed by atoms with van der Waals surface area (Å²) in [5, 5.41) is 4.27. The lowest BCUT2D eigenvalue weighted by atomic mass is 10.7. The van der Waals surface area contributed by atoms with E-state index in [1.54, 1.807) is 0 Å². The van der Waals surface area contributed by atoms with Crippen LogP contribution in [-0.2, 0) is 0 Å². The lowest BCUT2D eigenvalue weighted by Crippen LogP contribution is -2.40. The van der Waals surface area contributed by atoms with Gasteiger partial charge in [-0.3, -0.25) is 10.0 Å². The highest BCUT2D eigenvalue weighted by molar-refractivity contribution is 4.94. The summed E-state index contributed by atoms with van der Waals surface area (Å²) >= 11 is 0. The van der Waals surface area contributed by atoms with Gasteiger partial charge in [0.1, 0.15) is 0 Å². The van der Waals surface area contributed by atoms with Crippen LogP contribution in [0.4, 0.5) is 0 Å². The van der Waals surface area contributed by atoms with Gasteiger partial charge in [0.15, 0.2) is 0 Å². The van der Waals surface area contributed by atoms with Crippen molar-refractivity contribution in [3.05, 3.63) is 12.4 Å². The zero-order chi connectivity index (χ0) is 6.97. The molecule has 1 aliphatic heterocycles. The summed E-state index contributed by atoms with van der Waals surface area (Å²) in [7, 11) is 0. The van der Waals surface area contributed by atoms with Gasteiger partial charge >= 0.3 is 0 Å². The van der Waals surface area contributed by atoms with Crippen LogP contribution in [-0.4, -0.2) is 22.6 Å². The van der Waals surface area contributed by atoms with Crippen molar-refractivity contribution in [3.8, 4) is 0 Å². The van der Waals surface area contributed by atoms with E-state index in [1.807, 2.05) is 0 Å². The Kier molecular flexibility index (Phi) is 1.31. The molecule has 0 aromatic carbocycles. The first-order valence-corrected chi connectivity index (χ1v) is 3.89. The summed E-state index contributed by atoms with van der Waals surface area (Å²) in [5.74, 6) is 0. The van der Waals surface area contributed by atoms with Crippen LogP contribution in [0.25, 0.3) is 0 Å². The molecule has 1 saturated carbocycles. The first-order valence-electron chi connectivity index (χ1n) is 3.89. The number of hydrogen-bond donors (Lipinski definition) is 1. The third kappa shape index (κ3) is 0.968. The van der Waals surface area contributed by atoms with Gasteiger partial charge in [0.25, 0.3) is 0 Å². The highest BCUT2D eigenvalue weighted by Gasteiger charge is 2.29. The second-order valence-electron chi connectivity index (χ2n) is 2.82. The van der Waals surface area contributed by atoms with Crippen LogP contribution in [0.2, 0.25) is 0 Å². The summed E-state index contributed by atoms with van der Waals surface area (Å²) in [6, 6.07) is 0.771. The first kappa shape index (κ1) is 6.04. The lowest BCUT2D eigenvalue weighted by Gasteiger charge is -2.20. The van der Waals surface area contributed by atoms with Crippen molar-refractivity contribution >= 4 is 0 Å². The molecule has 1 fully saturated rings. The third-order valence-corrected chi connectivity index (χ3v) is 1.93. The summed E-state index contributed by atoms with van der Waals surface area (Å²) in [4.78, 5) is 0. The zero-order valence-corrected chi connectivity index (χ0v) is 6.25. The molecule has 1 aliphatic carbocycles. The van der Waals surface area contributed by atoms with Crippen molar-refractivity contribution < 1.29 is 0 Å². The van der Waals surface area contributed by atoms with Crippen LogP contribution in [0.5, 0.6) is 0 Å². The smallest absolute Gasteiger partial charge is 0.0468 e. The van der Waals surface area contributed by atoms with E-state index < -0.39 is 0 Å². The molecule has 0 amide bonds. The van der Waals surface area contributed by atoms with E-state index in [9.17, 15) is 0 Å². The molecule has 0 unspecified atom stereocenters. The molecule has 0 aromatic heterocycles. The van der Waals surface area contributed by atoms with Crippen molar-refractivity contribution in [2.45, 2.75) is 25.8 Å². The minimum absolute atomic E-state index is 0.771. The van der Waals surface area contributed by atoms with Gasteiger partial charge in [-0.2, -0.15) is 0 Å². The van der Waals surface area contributed by atoms with E-state index >= 15 is 0 Å². The minimum Gasteiger partial charge on any atom is -0.297 e. The van der Waals surface area contributed by atoms with Crippen LogP contribution in [0.1, 0.15) is 19.8 Å². The van der Waals surface area contributed by atoms with Gasteiger partial charge < -0.3 is 0 Å². The standard InChI is InChI=1S/C7H13N3/c1-2-9-5-6-10(8-9)7-3-4-7/h5-8H,2-4H2,1H3. The number of nitrogens with zero attached hydrogens (tertiary/aromatic N) is 2. The van der Waals surface area contributed by atoms with Crippen molar-refractivity contribution in [2.75, 3.05) is 6.54 Å². The maximum Gasteiger partial charge on any atom is 0.0468 e. The van der Waals surface area contributed by atoms with Crippen molar-refractivity contribution in [2.24, 2.45) is 0 Å². The molecule has 0 spiro atoms. The van der Waals surface area contributed by atoms with Gasteiger partial charge in [0, 0.05) is 25.0 Å². The molecular formula is C7H13N3. The predicted molar refractivity (Wildman–Crippen MR) is 39.5 cm³/mol. The van der Waals surface area contributed by atoms with E-state index in [4.69, 9.17) is 0 Å². The topological polar surface area (TPSA) is 18.5 Å². The summed E-state index contributed by atoms with van der Waals surface area (Å²) in [5.41, 5.74) is 3.26. The van der Waals surface area contributed by atoms with E-state index in [-0.39, 0.29) is 0 Å². The van der Waals surface area contributed by atoms with E-state index in [0.29, 0.717) is 0 Å². The molecule has 1 N–H and O–H groups in total. The molecule has 1 heterocycles. The van der Waals surface area contributed by atoms with E-state index in [0.717, 1.165) is 12.6 Å². The minimum atomic E-state index is 0.771. The Labute approximate surface area is 61.2 Å². The van der Waals surface area contributed by atoms with Crippen LogP contribution in [0.15, 0.2) is 12.4 Å². The maximum atomic E-state index is 3.26. The fourth-order valence-corrected chi connectivity index (χ4v) is 1.10. The Morgan fingerprint density at radius 3 is 2.80 bits per heavy atom. The Hall–Kier alpha value is -0.700. The van der Waals surface area contributed by atoms with Gasteiger partial charge in [-0.15, -0.1) is 5.53 Å². The highest BCUT2D eigenvalue weighted by Crippen LogP contribution is 2.26. The molecule has 3 heteroatoms. The van der Waals surface area contributed by atoms with Gasteiger partial charge in [-0.25, -0.2) is 0 Å². The molecule has 0 atom stereocenters. The SMILES string of the molecule is CCN1C=CN(C2CC2)N1. The summed E-state index contributed by atoms with van der Waals surface area (Å²) in [6.07, 6.45) is 6.88. The van der Waals surface area contributed by atoms with Gasteiger partial charge in [-0.1, -0.05) is 0 Å². The average molecular weight is 139 g/mol. The largest absolute Gasteiger partial charge is 0.297 e. The number of nitrogens with one attached hydrogen (secondary N) is 1. The summed E-state index contributed by atoms with van der Waals surface area (Å²) < 4.78 is 0. The molecule has 0 saturated heterocycles. The zero-order valence-electron chi connectivity index (χ0n) is 6.25.